The van der Waals surface area contributed by atoms with E-state index in [0.717, 1.165) is 19.6 Å². The quantitative estimate of drug-likeness (QED) is 0.601. The molecule has 0 spiro atoms. The molecule has 4 heteroatoms. The maximum atomic E-state index is 9.22. The third-order valence-corrected chi connectivity index (χ3v) is 3.62. The summed E-state index contributed by atoms with van der Waals surface area (Å²) in [6, 6.07) is 1.05. The van der Waals surface area contributed by atoms with Crippen LogP contribution in [-0.4, -0.2) is 52.6 Å². The first-order chi connectivity index (χ1) is 6.31. The van der Waals surface area contributed by atoms with Crippen LogP contribution in [0.3, 0.4) is 0 Å². The number of aliphatic hydroxyl groups excluding tert-OH is 1. The summed E-state index contributed by atoms with van der Waals surface area (Å²) in [4.78, 5) is 2.47. The minimum atomic E-state index is 0.322. The molecule has 13 heavy (non-hydrogen) atoms. The van der Waals surface area contributed by atoms with Crippen LogP contribution in [0.4, 0.5) is 0 Å². The SMILES string of the molecule is OCC1CCCC2CN(S)CCN12. The Labute approximate surface area is 85.3 Å². The van der Waals surface area contributed by atoms with Gasteiger partial charge in [0.05, 0.1) is 6.61 Å². The normalized spacial score (nSPS) is 37.4. The summed E-state index contributed by atoms with van der Waals surface area (Å²) >= 11 is 4.38. The van der Waals surface area contributed by atoms with E-state index in [4.69, 9.17) is 0 Å². The molecule has 2 rings (SSSR count). The summed E-state index contributed by atoms with van der Waals surface area (Å²) in [5.74, 6) is 0. The van der Waals surface area contributed by atoms with Crippen LogP contribution in [0, 0.1) is 0 Å². The highest BCUT2D eigenvalue weighted by Crippen LogP contribution is 2.26. The highest BCUT2D eigenvalue weighted by atomic mass is 32.1. The van der Waals surface area contributed by atoms with Crippen LogP contribution in [0.25, 0.3) is 0 Å². The first-order valence-electron chi connectivity index (χ1n) is 5.11. The van der Waals surface area contributed by atoms with Crippen molar-refractivity contribution in [1.82, 2.24) is 9.21 Å². The highest BCUT2D eigenvalue weighted by Gasteiger charge is 2.33. The highest BCUT2D eigenvalue weighted by molar-refractivity contribution is 7.77. The minimum absolute atomic E-state index is 0.322. The summed E-state index contributed by atoms with van der Waals surface area (Å²) in [6.45, 7) is 3.47. The van der Waals surface area contributed by atoms with Gasteiger partial charge in [0.25, 0.3) is 0 Å². The molecule has 2 unspecified atom stereocenters. The lowest BCUT2D eigenvalue weighted by molar-refractivity contribution is 0.0131. The van der Waals surface area contributed by atoms with E-state index in [1.54, 1.807) is 0 Å². The van der Waals surface area contributed by atoms with Gasteiger partial charge in [-0.3, -0.25) is 9.21 Å². The van der Waals surface area contributed by atoms with Crippen molar-refractivity contribution in [3.8, 4) is 0 Å². The number of rotatable bonds is 1. The molecule has 0 radical (unpaired) electrons. The van der Waals surface area contributed by atoms with Gasteiger partial charge in [0.1, 0.15) is 0 Å². The lowest BCUT2D eigenvalue weighted by Gasteiger charge is -2.46. The van der Waals surface area contributed by atoms with Crippen LogP contribution >= 0.6 is 12.8 Å². The number of fused-ring (bicyclic) bond motifs is 1. The first-order valence-corrected chi connectivity index (χ1v) is 5.51. The van der Waals surface area contributed by atoms with Crippen molar-refractivity contribution in [3.05, 3.63) is 0 Å². The van der Waals surface area contributed by atoms with Crippen LogP contribution < -0.4 is 0 Å². The molecule has 2 aliphatic rings. The van der Waals surface area contributed by atoms with Crippen LogP contribution in [0.1, 0.15) is 19.3 Å². The predicted molar refractivity (Wildman–Crippen MR) is 55.8 cm³/mol. The first kappa shape index (κ1) is 9.77. The molecular formula is C9H18N2OS. The number of aliphatic hydroxyl groups is 1. The van der Waals surface area contributed by atoms with Gasteiger partial charge in [-0.05, 0) is 12.8 Å². The van der Waals surface area contributed by atoms with Gasteiger partial charge in [-0.2, -0.15) is 0 Å². The smallest absolute Gasteiger partial charge is 0.0587 e. The average molecular weight is 202 g/mol. The van der Waals surface area contributed by atoms with Crippen molar-refractivity contribution < 1.29 is 5.11 Å². The molecule has 2 fully saturated rings. The molecule has 2 atom stereocenters. The zero-order valence-corrected chi connectivity index (χ0v) is 8.79. The fourth-order valence-corrected chi connectivity index (χ4v) is 2.82. The lowest BCUT2D eigenvalue weighted by atomic mass is 9.94. The van der Waals surface area contributed by atoms with E-state index in [9.17, 15) is 5.11 Å². The summed E-state index contributed by atoms with van der Waals surface area (Å²) in [5, 5.41) is 9.22. The van der Waals surface area contributed by atoms with E-state index >= 15 is 0 Å². The number of hydrogen-bond donors (Lipinski definition) is 2. The number of piperidine rings is 1. The fraction of sp³-hybridized carbons (Fsp3) is 1.00. The Kier molecular flexibility index (Phi) is 3.14. The van der Waals surface area contributed by atoms with Crippen molar-refractivity contribution in [2.24, 2.45) is 0 Å². The summed E-state index contributed by atoms with van der Waals surface area (Å²) in [5.41, 5.74) is 0. The van der Waals surface area contributed by atoms with Crippen LogP contribution in [0.2, 0.25) is 0 Å². The van der Waals surface area contributed by atoms with Gasteiger partial charge in [0.15, 0.2) is 0 Å². The van der Waals surface area contributed by atoms with Crippen molar-refractivity contribution in [2.45, 2.75) is 31.3 Å². The van der Waals surface area contributed by atoms with Crippen molar-refractivity contribution in [2.75, 3.05) is 26.2 Å². The minimum Gasteiger partial charge on any atom is -0.395 e. The van der Waals surface area contributed by atoms with E-state index in [0.29, 0.717) is 18.7 Å². The summed E-state index contributed by atoms with van der Waals surface area (Å²) in [7, 11) is 0. The van der Waals surface area contributed by atoms with Gasteiger partial charge >= 0.3 is 0 Å². The van der Waals surface area contributed by atoms with Gasteiger partial charge in [0.2, 0.25) is 0 Å². The Hall–Kier alpha value is 0.230. The standard InChI is InChI=1S/C9H18N2OS/c12-7-9-3-1-2-8-6-10(13)4-5-11(8)9/h8-9,12-13H,1-7H2. The zero-order chi connectivity index (χ0) is 9.26. The third kappa shape index (κ3) is 2.01. The largest absolute Gasteiger partial charge is 0.395 e. The molecule has 0 aromatic heterocycles. The Bertz CT molecular complexity index is 179. The number of hydrogen-bond acceptors (Lipinski definition) is 4. The average Bonchev–Trinajstić information content (AvgIpc) is 2.16. The van der Waals surface area contributed by atoms with E-state index in [1.165, 1.54) is 19.3 Å². The predicted octanol–water partition coefficient (Wildman–Crippen LogP) is 0.362. The Morgan fingerprint density at radius 3 is 2.92 bits per heavy atom. The Morgan fingerprint density at radius 1 is 1.31 bits per heavy atom. The molecule has 3 nitrogen and oxygen atoms in total. The molecule has 2 saturated heterocycles. The van der Waals surface area contributed by atoms with Gasteiger partial charge < -0.3 is 5.11 Å². The second-order valence-electron chi connectivity index (χ2n) is 4.07. The number of nitrogens with zero attached hydrogens (tertiary/aromatic N) is 2. The maximum absolute atomic E-state index is 9.22. The van der Waals surface area contributed by atoms with Crippen molar-refractivity contribution >= 4 is 12.8 Å². The second-order valence-corrected chi connectivity index (χ2v) is 4.64. The molecule has 0 aromatic rings. The molecule has 0 saturated carbocycles. The molecule has 2 heterocycles. The third-order valence-electron chi connectivity index (χ3n) is 3.26. The molecule has 0 aliphatic carbocycles. The van der Waals surface area contributed by atoms with Crippen LogP contribution in [0.5, 0.6) is 0 Å². The topological polar surface area (TPSA) is 26.7 Å². The van der Waals surface area contributed by atoms with Crippen LogP contribution in [0.15, 0.2) is 0 Å². The Balaban J connectivity index is 1.99. The monoisotopic (exact) mass is 202 g/mol. The van der Waals surface area contributed by atoms with Gasteiger partial charge in [-0.15, -0.1) is 0 Å². The summed E-state index contributed by atoms with van der Waals surface area (Å²) in [6.07, 6.45) is 3.70. The van der Waals surface area contributed by atoms with Gasteiger partial charge in [0, 0.05) is 31.7 Å². The molecule has 76 valence electrons. The number of piperazine rings is 1. The van der Waals surface area contributed by atoms with Crippen LogP contribution in [-0.2, 0) is 0 Å². The maximum Gasteiger partial charge on any atom is 0.0587 e. The molecule has 2 aliphatic heterocycles. The van der Waals surface area contributed by atoms with E-state index < -0.39 is 0 Å². The van der Waals surface area contributed by atoms with Gasteiger partial charge in [-0.1, -0.05) is 19.2 Å². The van der Waals surface area contributed by atoms with Crippen molar-refractivity contribution in [3.63, 3.8) is 0 Å². The van der Waals surface area contributed by atoms with E-state index in [-0.39, 0.29) is 0 Å². The lowest BCUT2D eigenvalue weighted by Crippen LogP contribution is -2.57. The Morgan fingerprint density at radius 2 is 2.15 bits per heavy atom. The van der Waals surface area contributed by atoms with E-state index in [1.807, 2.05) is 0 Å². The molecule has 0 aromatic carbocycles. The molecule has 0 amide bonds. The van der Waals surface area contributed by atoms with E-state index in [2.05, 4.69) is 22.0 Å². The second kappa shape index (κ2) is 4.17. The molecule has 1 N–H and O–H groups in total. The fourth-order valence-electron chi connectivity index (χ4n) is 2.54. The molecular weight excluding hydrogens is 184 g/mol. The summed E-state index contributed by atoms with van der Waals surface area (Å²) < 4.78 is 2.10. The zero-order valence-electron chi connectivity index (χ0n) is 7.89. The number of thiol groups is 1. The van der Waals surface area contributed by atoms with Crippen molar-refractivity contribution in [1.29, 1.82) is 0 Å². The molecule has 0 bridgehead atoms. The van der Waals surface area contributed by atoms with Gasteiger partial charge in [-0.25, -0.2) is 0 Å².